The predicted octanol–water partition coefficient (Wildman–Crippen LogP) is 6.54. The molecule has 0 N–H and O–H groups in total. The first-order valence-corrected chi connectivity index (χ1v) is 10.0. The van der Waals surface area contributed by atoms with E-state index in [-0.39, 0.29) is 5.92 Å². The highest BCUT2D eigenvalue weighted by molar-refractivity contribution is 6.18. The standard InChI is InChI=1S/C24H33ClO2/c1-12-16(5)23(26-9)17(6)13(2)21(12)20(11-25)22-14(3)18(7)24(27-10)19(8)15(22)4/h20H,11H2,1-10H3. The van der Waals surface area contributed by atoms with Crippen LogP contribution in [0.2, 0.25) is 0 Å². The average molecular weight is 389 g/mol. The van der Waals surface area contributed by atoms with Crippen LogP contribution in [0.1, 0.15) is 61.6 Å². The van der Waals surface area contributed by atoms with E-state index in [0.717, 1.165) is 11.5 Å². The molecule has 2 aromatic carbocycles. The molecule has 0 fully saturated rings. The molecule has 0 unspecified atom stereocenters. The Bertz CT molecular complexity index is 751. The molecule has 0 aliphatic carbocycles. The van der Waals surface area contributed by atoms with Crippen LogP contribution < -0.4 is 9.47 Å². The molecule has 3 heteroatoms. The van der Waals surface area contributed by atoms with Crippen molar-refractivity contribution in [3.05, 3.63) is 55.6 Å². The second-order valence-electron chi connectivity index (χ2n) is 7.60. The Hall–Kier alpha value is -1.67. The Balaban J connectivity index is 2.89. The van der Waals surface area contributed by atoms with Gasteiger partial charge in [-0.3, -0.25) is 0 Å². The van der Waals surface area contributed by atoms with Gasteiger partial charge in [-0.1, -0.05) is 0 Å². The van der Waals surface area contributed by atoms with Crippen LogP contribution in [0.3, 0.4) is 0 Å². The van der Waals surface area contributed by atoms with Gasteiger partial charge in [0.15, 0.2) is 0 Å². The van der Waals surface area contributed by atoms with Crippen LogP contribution in [0, 0.1) is 55.4 Å². The van der Waals surface area contributed by atoms with Gasteiger partial charge in [-0.15, -0.1) is 11.6 Å². The first-order chi connectivity index (χ1) is 12.6. The number of rotatable bonds is 5. The molecule has 0 saturated heterocycles. The van der Waals surface area contributed by atoms with Crippen LogP contribution in [0.4, 0.5) is 0 Å². The summed E-state index contributed by atoms with van der Waals surface area (Å²) in [5, 5.41) is 0. The Morgan fingerprint density at radius 3 is 1.00 bits per heavy atom. The lowest BCUT2D eigenvalue weighted by molar-refractivity contribution is 0.407. The second-order valence-corrected chi connectivity index (χ2v) is 7.91. The number of alkyl halides is 1. The lowest BCUT2D eigenvalue weighted by Crippen LogP contribution is -2.15. The third-order valence-electron chi connectivity index (χ3n) is 6.49. The van der Waals surface area contributed by atoms with E-state index in [2.05, 4.69) is 55.4 Å². The van der Waals surface area contributed by atoms with Gasteiger partial charge in [0.05, 0.1) is 14.2 Å². The van der Waals surface area contributed by atoms with Gasteiger partial charge in [0.2, 0.25) is 0 Å². The van der Waals surface area contributed by atoms with Crippen LogP contribution in [0.25, 0.3) is 0 Å². The summed E-state index contributed by atoms with van der Waals surface area (Å²) in [6.07, 6.45) is 0. The molecule has 0 aliphatic rings. The Labute approximate surface area is 169 Å². The number of halogens is 1. The smallest absolute Gasteiger partial charge is 0.125 e. The van der Waals surface area contributed by atoms with Gasteiger partial charge < -0.3 is 9.47 Å². The highest BCUT2D eigenvalue weighted by Crippen LogP contribution is 2.43. The lowest BCUT2D eigenvalue weighted by Gasteiger charge is -2.29. The zero-order valence-corrected chi connectivity index (χ0v) is 19.2. The van der Waals surface area contributed by atoms with Crippen LogP contribution in [0.5, 0.6) is 11.5 Å². The topological polar surface area (TPSA) is 18.5 Å². The highest BCUT2D eigenvalue weighted by Gasteiger charge is 2.27. The molecule has 0 amide bonds. The van der Waals surface area contributed by atoms with E-state index in [1.165, 1.54) is 55.6 Å². The molecule has 0 saturated carbocycles. The van der Waals surface area contributed by atoms with Crippen LogP contribution in [-0.2, 0) is 0 Å². The summed E-state index contributed by atoms with van der Waals surface area (Å²) in [6.45, 7) is 17.3. The van der Waals surface area contributed by atoms with E-state index in [4.69, 9.17) is 21.1 Å². The molecular weight excluding hydrogens is 356 g/mol. The highest BCUT2D eigenvalue weighted by atomic mass is 35.5. The first kappa shape index (κ1) is 21.6. The molecule has 0 atom stereocenters. The van der Waals surface area contributed by atoms with Crippen molar-refractivity contribution in [2.24, 2.45) is 0 Å². The van der Waals surface area contributed by atoms with Crippen molar-refractivity contribution in [3.8, 4) is 11.5 Å². The molecule has 0 aromatic heterocycles. The normalized spacial score (nSPS) is 11.3. The minimum Gasteiger partial charge on any atom is -0.496 e. The fourth-order valence-corrected chi connectivity index (χ4v) is 4.88. The van der Waals surface area contributed by atoms with Gasteiger partial charge in [-0.25, -0.2) is 0 Å². The van der Waals surface area contributed by atoms with Crippen LogP contribution in [0.15, 0.2) is 0 Å². The van der Waals surface area contributed by atoms with E-state index < -0.39 is 0 Å². The van der Waals surface area contributed by atoms with Crippen molar-refractivity contribution >= 4 is 11.6 Å². The van der Waals surface area contributed by atoms with Gasteiger partial charge in [-0.05, 0) is 111 Å². The van der Waals surface area contributed by atoms with Gasteiger partial charge in [0.25, 0.3) is 0 Å². The van der Waals surface area contributed by atoms with Crippen molar-refractivity contribution in [1.29, 1.82) is 0 Å². The quantitative estimate of drug-likeness (QED) is 0.541. The maximum Gasteiger partial charge on any atom is 0.125 e. The van der Waals surface area contributed by atoms with Crippen molar-refractivity contribution in [2.45, 2.75) is 61.3 Å². The summed E-state index contributed by atoms with van der Waals surface area (Å²) in [4.78, 5) is 0. The molecule has 0 bridgehead atoms. The molecular formula is C24H33ClO2. The summed E-state index contributed by atoms with van der Waals surface area (Å²) in [5.41, 5.74) is 12.5. The number of hydrogen-bond donors (Lipinski definition) is 0. The summed E-state index contributed by atoms with van der Waals surface area (Å²) < 4.78 is 11.4. The van der Waals surface area contributed by atoms with Crippen LogP contribution in [-0.4, -0.2) is 20.1 Å². The Morgan fingerprint density at radius 2 is 0.815 bits per heavy atom. The molecule has 2 aromatic rings. The zero-order valence-electron chi connectivity index (χ0n) is 18.5. The van der Waals surface area contributed by atoms with Gasteiger partial charge >= 0.3 is 0 Å². The maximum absolute atomic E-state index is 6.62. The maximum atomic E-state index is 6.62. The molecule has 0 spiro atoms. The summed E-state index contributed by atoms with van der Waals surface area (Å²) in [6, 6.07) is 0. The molecule has 148 valence electrons. The van der Waals surface area contributed by atoms with E-state index in [1.807, 2.05) is 0 Å². The molecule has 2 nitrogen and oxygen atoms in total. The van der Waals surface area contributed by atoms with E-state index in [0.29, 0.717) is 5.88 Å². The fourth-order valence-electron chi connectivity index (χ4n) is 4.57. The Morgan fingerprint density at radius 1 is 0.556 bits per heavy atom. The lowest BCUT2D eigenvalue weighted by atomic mass is 9.78. The van der Waals surface area contributed by atoms with E-state index in [1.54, 1.807) is 14.2 Å². The molecule has 0 heterocycles. The molecule has 2 rings (SSSR count). The monoisotopic (exact) mass is 388 g/mol. The molecule has 27 heavy (non-hydrogen) atoms. The SMILES string of the molecule is COc1c(C)c(C)c(C(CCl)c2c(C)c(C)c(OC)c(C)c2C)c(C)c1C. The summed E-state index contributed by atoms with van der Waals surface area (Å²) in [7, 11) is 3.49. The fraction of sp³-hybridized carbons (Fsp3) is 0.500. The largest absolute Gasteiger partial charge is 0.496 e. The number of benzene rings is 2. The van der Waals surface area contributed by atoms with Gasteiger partial charge in [0.1, 0.15) is 11.5 Å². The summed E-state index contributed by atoms with van der Waals surface area (Å²) in [5.74, 6) is 2.65. The summed E-state index contributed by atoms with van der Waals surface area (Å²) >= 11 is 6.62. The van der Waals surface area contributed by atoms with Crippen molar-refractivity contribution in [1.82, 2.24) is 0 Å². The first-order valence-electron chi connectivity index (χ1n) is 9.48. The number of methoxy groups -OCH3 is 2. The van der Waals surface area contributed by atoms with Crippen molar-refractivity contribution in [3.63, 3.8) is 0 Å². The predicted molar refractivity (Wildman–Crippen MR) is 116 cm³/mol. The second kappa shape index (κ2) is 8.14. The van der Waals surface area contributed by atoms with Gasteiger partial charge in [-0.2, -0.15) is 0 Å². The minimum atomic E-state index is 0.137. The zero-order chi connectivity index (χ0) is 20.6. The van der Waals surface area contributed by atoms with Crippen molar-refractivity contribution in [2.75, 3.05) is 20.1 Å². The number of hydrogen-bond acceptors (Lipinski definition) is 2. The third-order valence-corrected chi connectivity index (χ3v) is 6.80. The molecule has 0 radical (unpaired) electrons. The number of ether oxygens (including phenoxy) is 2. The third kappa shape index (κ3) is 3.33. The van der Waals surface area contributed by atoms with E-state index >= 15 is 0 Å². The minimum absolute atomic E-state index is 0.137. The van der Waals surface area contributed by atoms with Gasteiger partial charge in [0, 0.05) is 11.8 Å². The average Bonchev–Trinajstić information content (AvgIpc) is 2.64. The van der Waals surface area contributed by atoms with Crippen LogP contribution >= 0.6 is 11.6 Å². The van der Waals surface area contributed by atoms with Crippen molar-refractivity contribution < 1.29 is 9.47 Å². The molecule has 0 aliphatic heterocycles. The Kier molecular flexibility index (Phi) is 6.52. The van der Waals surface area contributed by atoms with E-state index in [9.17, 15) is 0 Å².